The van der Waals surface area contributed by atoms with Crippen molar-refractivity contribution in [3.63, 3.8) is 0 Å². The molecule has 0 heterocycles. The molecule has 8 heteroatoms. The highest BCUT2D eigenvalue weighted by molar-refractivity contribution is 5.74. The minimum atomic E-state index is -4.77. The molecule has 0 aliphatic heterocycles. The number of esters is 1. The lowest BCUT2D eigenvalue weighted by atomic mass is 9.95. The summed E-state index contributed by atoms with van der Waals surface area (Å²) < 4.78 is 51.5. The summed E-state index contributed by atoms with van der Waals surface area (Å²) in [5.41, 5.74) is -1.32. The highest BCUT2D eigenvalue weighted by Gasteiger charge is 2.40. The van der Waals surface area contributed by atoms with E-state index < -0.39 is 41.4 Å². The molecule has 2 atom stereocenters. The zero-order valence-electron chi connectivity index (χ0n) is 17.3. The van der Waals surface area contributed by atoms with Crippen molar-refractivity contribution in [1.29, 1.82) is 0 Å². The molecule has 0 saturated heterocycles. The van der Waals surface area contributed by atoms with E-state index in [-0.39, 0.29) is 13.0 Å². The Hall–Kier alpha value is -2.51. The molecular formula is C21H28F3NO4. The van der Waals surface area contributed by atoms with Crippen LogP contribution in [0.15, 0.2) is 42.0 Å². The highest BCUT2D eigenvalue weighted by Crippen LogP contribution is 2.31. The molecule has 0 saturated carbocycles. The molecule has 0 aromatic heterocycles. The van der Waals surface area contributed by atoms with Gasteiger partial charge in [0.2, 0.25) is 0 Å². The summed E-state index contributed by atoms with van der Waals surface area (Å²) >= 11 is 0. The van der Waals surface area contributed by atoms with Crippen LogP contribution in [-0.2, 0) is 20.7 Å². The van der Waals surface area contributed by atoms with Gasteiger partial charge in [0.15, 0.2) is 0 Å². The SMILES string of the molecule is CCOC(=O)[C@@H](C)/C=C(/[C@H](Cc1ccccc1)NC(=O)OC(C)(C)C)C(F)(F)F. The Labute approximate surface area is 169 Å². The number of halogens is 3. The van der Waals surface area contributed by atoms with Gasteiger partial charge < -0.3 is 14.8 Å². The smallest absolute Gasteiger partial charge is 0.414 e. The average Bonchev–Trinajstić information content (AvgIpc) is 2.57. The third-order valence-electron chi connectivity index (χ3n) is 3.76. The van der Waals surface area contributed by atoms with Crippen molar-refractivity contribution in [2.24, 2.45) is 5.92 Å². The number of amides is 1. The number of carbonyl (C=O) groups excluding carboxylic acids is 2. The standard InChI is InChI=1S/C21H28F3NO4/c1-6-28-18(26)14(2)12-16(21(22,23)24)17(13-15-10-8-7-9-11-15)25-19(27)29-20(3,4)5/h7-12,14,17H,6,13H2,1-5H3,(H,25,27)/b16-12-/t14-,17-/m0/s1. The van der Waals surface area contributed by atoms with Crippen molar-refractivity contribution in [3.05, 3.63) is 47.5 Å². The van der Waals surface area contributed by atoms with Gasteiger partial charge in [-0.3, -0.25) is 4.79 Å². The van der Waals surface area contributed by atoms with Crippen molar-refractivity contribution in [2.45, 2.75) is 58.9 Å². The number of alkyl carbamates (subject to hydrolysis) is 1. The monoisotopic (exact) mass is 415 g/mol. The molecule has 1 amide bonds. The first-order valence-electron chi connectivity index (χ1n) is 9.32. The first kappa shape index (κ1) is 24.5. The van der Waals surface area contributed by atoms with E-state index >= 15 is 0 Å². The quantitative estimate of drug-likeness (QED) is 0.513. The van der Waals surface area contributed by atoms with Crippen molar-refractivity contribution in [3.8, 4) is 0 Å². The summed E-state index contributed by atoms with van der Waals surface area (Å²) in [7, 11) is 0. The maximum Gasteiger partial charge on any atom is 0.414 e. The van der Waals surface area contributed by atoms with Crippen LogP contribution in [0.1, 0.15) is 40.2 Å². The minimum Gasteiger partial charge on any atom is -0.466 e. The number of hydrogen-bond donors (Lipinski definition) is 1. The summed E-state index contributed by atoms with van der Waals surface area (Å²) in [5, 5.41) is 2.30. The van der Waals surface area contributed by atoms with Gasteiger partial charge in [-0.2, -0.15) is 13.2 Å². The number of carbonyl (C=O) groups is 2. The van der Waals surface area contributed by atoms with Crippen LogP contribution in [0.25, 0.3) is 0 Å². The van der Waals surface area contributed by atoms with Crippen LogP contribution in [0.4, 0.5) is 18.0 Å². The largest absolute Gasteiger partial charge is 0.466 e. The first-order chi connectivity index (χ1) is 13.3. The Morgan fingerprint density at radius 3 is 2.21 bits per heavy atom. The second-order valence-electron chi connectivity index (χ2n) is 7.55. The van der Waals surface area contributed by atoms with Crippen molar-refractivity contribution in [1.82, 2.24) is 5.32 Å². The van der Waals surface area contributed by atoms with Crippen molar-refractivity contribution in [2.75, 3.05) is 6.61 Å². The zero-order valence-corrected chi connectivity index (χ0v) is 17.3. The highest BCUT2D eigenvalue weighted by atomic mass is 19.4. The first-order valence-corrected chi connectivity index (χ1v) is 9.32. The Morgan fingerprint density at radius 2 is 1.72 bits per heavy atom. The summed E-state index contributed by atoms with van der Waals surface area (Å²) in [4.78, 5) is 24.0. The minimum absolute atomic E-state index is 0.0575. The third kappa shape index (κ3) is 9.02. The molecule has 162 valence electrons. The third-order valence-corrected chi connectivity index (χ3v) is 3.76. The fraction of sp³-hybridized carbons (Fsp3) is 0.524. The molecule has 0 radical (unpaired) electrons. The van der Waals surface area contributed by atoms with Gasteiger partial charge >= 0.3 is 18.2 Å². The van der Waals surface area contributed by atoms with E-state index in [0.29, 0.717) is 5.56 Å². The van der Waals surface area contributed by atoms with Gasteiger partial charge in [-0.25, -0.2) is 4.79 Å². The molecule has 1 rings (SSSR count). The lowest BCUT2D eigenvalue weighted by Gasteiger charge is -2.27. The van der Waals surface area contributed by atoms with Gasteiger partial charge in [-0.1, -0.05) is 36.4 Å². The zero-order chi connectivity index (χ0) is 22.2. The summed E-state index contributed by atoms with van der Waals surface area (Å²) in [6.45, 7) is 7.78. The topological polar surface area (TPSA) is 64.6 Å². The number of nitrogens with one attached hydrogen (secondary N) is 1. The van der Waals surface area contributed by atoms with Crippen molar-refractivity contribution >= 4 is 12.1 Å². The molecule has 1 aromatic rings. The van der Waals surface area contributed by atoms with E-state index in [2.05, 4.69) is 5.32 Å². The summed E-state index contributed by atoms with van der Waals surface area (Å²) in [6, 6.07) is 7.00. The molecule has 0 unspecified atom stereocenters. The van der Waals surface area contributed by atoms with E-state index in [4.69, 9.17) is 9.47 Å². The Bertz CT molecular complexity index is 709. The Kier molecular flexibility index (Phi) is 8.73. The molecule has 0 bridgehead atoms. The molecule has 5 nitrogen and oxygen atoms in total. The summed E-state index contributed by atoms with van der Waals surface area (Å²) in [5.74, 6) is -1.91. The average molecular weight is 415 g/mol. The lowest BCUT2D eigenvalue weighted by molar-refractivity contribution is -0.145. The second-order valence-corrected chi connectivity index (χ2v) is 7.55. The predicted molar refractivity (Wildman–Crippen MR) is 103 cm³/mol. The molecule has 0 aliphatic carbocycles. The summed E-state index contributed by atoms with van der Waals surface area (Å²) in [6.07, 6.45) is -5.07. The van der Waals surface area contributed by atoms with Gasteiger partial charge in [0.25, 0.3) is 0 Å². The molecular weight excluding hydrogens is 387 g/mol. The fourth-order valence-corrected chi connectivity index (χ4v) is 2.56. The maximum absolute atomic E-state index is 13.9. The Balaban J connectivity index is 3.27. The molecule has 29 heavy (non-hydrogen) atoms. The molecule has 0 aliphatic rings. The van der Waals surface area contributed by atoms with Crippen molar-refractivity contribution < 1.29 is 32.2 Å². The number of benzene rings is 1. The lowest BCUT2D eigenvalue weighted by Crippen LogP contribution is -2.44. The van der Waals surface area contributed by atoms with Crippen LogP contribution in [0.3, 0.4) is 0 Å². The maximum atomic E-state index is 13.9. The molecule has 0 spiro atoms. The van der Waals surface area contributed by atoms with Crippen LogP contribution in [0.5, 0.6) is 0 Å². The van der Waals surface area contributed by atoms with Crippen LogP contribution < -0.4 is 5.32 Å². The van der Waals surface area contributed by atoms with Gasteiger partial charge in [0, 0.05) is 0 Å². The van der Waals surface area contributed by atoms with E-state index in [1.807, 2.05) is 0 Å². The number of rotatable bonds is 7. The number of ether oxygens (including phenoxy) is 2. The predicted octanol–water partition coefficient (Wildman–Crippen LogP) is 4.81. The molecule has 1 aromatic carbocycles. The van der Waals surface area contributed by atoms with Gasteiger partial charge in [-0.15, -0.1) is 0 Å². The van der Waals surface area contributed by atoms with Crippen LogP contribution in [0.2, 0.25) is 0 Å². The van der Waals surface area contributed by atoms with E-state index in [1.165, 1.54) is 6.92 Å². The van der Waals surface area contributed by atoms with E-state index in [1.54, 1.807) is 58.0 Å². The Morgan fingerprint density at radius 1 is 1.14 bits per heavy atom. The van der Waals surface area contributed by atoms with Gasteiger partial charge in [-0.05, 0) is 46.6 Å². The second kappa shape index (κ2) is 10.3. The fourth-order valence-electron chi connectivity index (χ4n) is 2.56. The van der Waals surface area contributed by atoms with Crippen LogP contribution in [0, 0.1) is 5.92 Å². The molecule has 0 fully saturated rings. The number of alkyl halides is 3. The number of hydrogen-bond acceptors (Lipinski definition) is 4. The normalized spacial score (nSPS) is 14.7. The van der Waals surface area contributed by atoms with Gasteiger partial charge in [0.1, 0.15) is 5.60 Å². The van der Waals surface area contributed by atoms with Gasteiger partial charge in [0.05, 0.1) is 24.1 Å². The van der Waals surface area contributed by atoms with Crippen LogP contribution in [-0.4, -0.2) is 36.5 Å². The van der Waals surface area contributed by atoms with E-state index in [9.17, 15) is 22.8 Å². The van der Waals surface area contributed by atoms with Crippen LogP contribution >= 0.6 is 0 Å². The molecule has 1 N–H and O–H groups in total. The van der Waals surface area contributed by atoms with E-state index in [0.717, 1.165) is 6.08 Å².